The standard InChI is InChI=1S/C23H25ClN4O5S2/c1-6-17(27-23-19(24)14(5)28-33-23)35(31,32)21-13(4)10-34-20(21)22(30)26-16-8-11(2)7-12(3)18(16)15(25)9-29/h6-8,10,17,25,27,29H,1,9H2,2-5H3,(H,26,30). The van der Waals surface area contributed by atoms with E-state index in [4.69, 9.17) is 21.5 Å². The van der Waals surface area contributed by atoms with E-state index in [1.54, 1.807) is 32.2 Å². The lowest BCUT2D eigenvalue weighted by Gasteiger charge is -2.18. The Kier molecular flexibility index (Phi) is 7.85. The second kappa shape index (κ2) is 10.3. The van der Waals surface area contributed by atoms with Crippen molar-refractivity contribution in [1.29, 1.82) is 5.41 Å². The molecule has 3 rings (SSSR count). The van der Waals surface area contributed by atoms with Gasteiger partial charge in [-0.2, -0.15) is 0 Å². The van der Waals surface area contributed by atoms with Crippen LogP contribution in [-0.4, -0.2) is 42.3 Å². The number of rotatable bonds is 9. The number of sulfone groups is 1. The molecule has 0 aliphatic carbocycles. The summed E-state index contributed by atoms with van der Waals surface area (Å²) in [6.07, 6.45) is 1.17. The number of anilines is 2. The molecule has 0 saturated carbocycles. The van der Waals surface area contributed by atoms with Crippen LogP contribution in [0.2, 0.25) is 5.02 Å². The highest BCUT2D eigenvalue weighted by molar-refractivity contribution is 7.92. The van der Waals surface area contributed by atoms with Crippen LogP contribution in [0.3, 0.4) is 0 Å². The number of carbonyl (C=O) groups excluding carboxylic acids is 1. The first-order valence-electron chi connectivity index (χ1n) is 10.4. The fourth-order valence-electron chi connectivity index (χ4n) is 3.64. The molecule has 2 aromatic heterocycles. The van der Waals surface area contributed by atoms with Crippen molar-refractivity contribution in [2.75, 3.05) is 17.2 Å². The van der Waals surface area contributed by atoms with E-state index in [1.807, 2.05) is 13.0 Å². The Bertz CT molecular complexity index is 1430. The molecule has 1 unspecified atom stereocenters. The smallest absolute Gasteiger partial charge is 0.267 e. The molecular formula is C23H25ClN4O5S2. The van der Waals surface area contributed by atoms with Gasteiger partial charge < -0.3 is 25.7 Å². The summed E-state index contributed by atoms with van der Waals surface area (Å²) in [6, 6.07) is 3.50. The highest BCUT2D eigenvalue weighted by atomic mass is 35.5. The summed E-state index contributed by atoms with van der Waals surface area (Å²) in [7, 11) is -4.17. The van der Waals surface area contributed by atoms with Gasteiger partial charge in [-0.3, -0.25) is 4.79 Å². The maximum atomic E-state index is 13.6. The van der Waals surface area contributed by atoms with Crippen LogP contribution in [-0.2, 0) is 9.84 Å². The van der Waals surface area contributed by atoms with E-state index in [9.17, 15) is 18.3 Å². The van der Waals surface area contributed by atoms with Gasteiger partial charge in [-0.05, 0) is 55.8 Å². The predicted octanol–water partition coefficient (Wildman–Crippen LogP) is 4.63. The van der Waals surface area contributed by atoms with Crippen molar-refractivity contribution in [3.8, 4) is 0 Å². The van der Waals surface area contributed by atoms with Crippen LogP contribution in [0.4, 0.5) is 11.6 Å². The number of thiophene rings is 1. The quantitative estimate of drug-likeness (QED) is 0.230. The van der Waals surface area contributed by atoms with E-state index in [0.717, 1.165) is 16.9 Å². The Morgan fingerprint density at radius 3 is 2.57 bits per heavy atom. The number of aryl methyl sites for hydroxylation is 4. The van der Waals surface area contributed by atoms with Gasteiger partial charge >= 0.3 is 0 Å². The van der Waals surface area contributed by atoms with Gasteiger partial charge in [0.1, 0.15) is 15.6 Å². The summed E-state index contributed by atoms with van der Waals surface area (Å²) in [4.78, 5) is 13.1. The molecule has 186 valence electrons. The van der Waals surface area contributed by atoms with Crippen LogP contribution >= 0.6 is 22.9 Å². The molecule has 0 aliphatic heterocycles. The van der Waals surface area contributed by atoms with Gasteiger partial charge in [-0.15, -0.1) is 11.3 Å². The maximum Gasteiger partial charge on any atom is 0.267 e. The molecule has 12 heteroatoms. The van der Waals surface area contributed by atoms with Gasteiger partial charge in [-0.25, -0.2) is 8.42 Å². The Morgan fingerprint density at radius 2 is 2.00 bits per heavy atom. The van der Waals surface area contributed by atoms with Crippen LogP contribution in [0.15, 0.2) is 39.6 Å². The fraction of sp³-hybridized carbons (Fsp3) is 0.261. The first-order valence-corrected chi connectivity index (χ1v) is 13.2. The van der Waals surface area contributed by atoms with Crippen LogP contribution in [0.5, 0.6) is 0 Å². The average Bonchev–Trinajstić information content (AvgIpc) is 3.33. The molecule has 3 aromatic rings. The van der Waals surface area contributed by atoms with Crippen LogP contribution in [0.1, 0.15) is 37.6 Å². The SMILES string of the molecule is C=CC(Nc1onc(C)c1Cl)S(=O)(=O)c1c(C)csc1C(=O)Nc1cc(C)cc(C)c1C(=N)CO. The van der Waals surface area contributed by atoms with Crippen LogP contribution in [0.25, 0.3) is 0 Å². The Hall–Kier alpha value is -2.99. The number of aliphatic hydroxyl groups is 1. The lowest BCUT2D eigenvalue weighted by atomic mass is 9.99. The van der Waals surface area contributed by atoms with Crippen molar-refractivity contribution in [1.82, 2.24) is 5.16 Å². The molecule has 9 nitrogen and oxygen atoms in total. The van der Waals surface area contributed by atoms with Crippen molar-refractivity contribution >= 4 is 56.0 Å². The molecule has 0 bridgehead atoms. The number of hydrogen-bond acceptors (Lipinski definition) is 9. The monoisotopic (exact) mass is 536 g/mol. The van der Waals surface area contributed by atoms with Crippen molar-refractivity contribution in [2.45, 2.75) is 38.0 Å². The number of nitrogens with zero attached hydrogens (tertiary/aromatic N) is 1. The van der Waals surface area contributed by atoms with Crippen LogP contribution < -0.4 is 10.6 Å². The Balaban J connectivity index is 2.02. The predicted molar refractivity (Wildman–Crippen MR) is 138 cm³/mol. The number of nitrogens with one attached hydrogen (secondary N) is 3. The van der Waals surface area contributed by atoms with Crippen molar-refractivity contribution in [3.63, 3.8) is 0 Å². The van der Waals surface area contributed by atoms with Gasteiger partial charge in [0.2, 0.25) is 15.7 Å². The first-order chi connectivity index (χ1) is 16.4. The largest absolute Gasteiger partial charge is 0.390 e. The number of amides is 1. The van der Waals surface area contributed by atoms with Crippen molar-refractivity contribution in [2.24, 2.45) is 0 Å². The zero-order valence-electron chi connectivity index (χ0n) is 19.5. The van der Waals surface area contributed by atoms with E-state index >= 15 is 0 Å². The number of benzene rings is 1. The zero-order chi connectivity index (χ0) is 26.1. The van der Waals surface area contributed by atoms with Crippen molar-refractivity contribution < 1.29 is 22.8 Å². The normalized spacial score (nSPS) is 12.3. The summed E-state index contributed by atoms with van der Waals surface area (Å²) >= 11 is 7.10. The van der Waals surface area contributed by atoms with Gasteiger partial charge in [-0.1, -0.05) is 35.5 Å². The summed E-state index contributed by atoms with van der Waals surface area (Å²) in [5.74, 6) is -0.686. The molecule has 0 saturated heterocycles. The minimum Gasteiger partial charge on any atom is -0.390 e. The van der Waals surface area contributed by atoms with E-state index in [0.29, 0.717) is 28.1 Å². The molecule has 1 atom stereocenters. The molecule has 4 N–H and O–H groups in total. The van der Waals surface area contributed by atoms with Crippen molar-refractivity contribution in [3.05, 3.63) is 68.0 Å². The molecule has 0 radical (unpaired) electrons. The summed E-state index contributed by atoms with van der Waals surface area (Å²) in [5.41, 5.74) is 2.93. The molecule has 0 spiro atoms. The molecule has 0 aliphatic rings. The fourth-order valence-corrected chi connectivity index (χ4v) is 6.79. The maximum absolute atomic E-state index is 13.6. The number of aromatic nitrogens is 1. The lowest BCUT2D eigenvalue weighted by molar-refractivity contribution is 0.102. The number of halogens is 1. The summed E-state index contributed by atoms with van der Waals surface area (Å²) in [5, 5.41) is 27.1. The molecule has 1 amide bonds. The van der Waals surface area contributed by atoms with Crippen LogP contribution in [0, 0.1) is 33.1 Å². The Morgan fingerprint density at radius 1 is 1.31 bits per heavy atom. The second-order valence-electron chi connectivity index (χ2n) is 7.93. The van der Waals surface area contributed by atoms with E-state index in [2.05, 4.69) is 22.4 Å². The molecule has 1 aromatic carbocycles. The third-order valence-electron chi connectivity index (χ3n) is 5.21. The van der Waals surface area contributed by atoms with Gasteiger partial charge in [0, 0.05) is 5.56 Å². The zero-order valence-corrected chi connectivity index (χ0v) is 21.9. The van der Waals surface area contributed by atoms with Gasteiger partial charge in [0.25, 0.3) is 5.91 Å². The van der Waals surface area contributed by atoms with Gasteiger partial charge in [0.05, 0.1) is 22.9 Å². The first kappa shape index (κ1) is 26.6. The highest BCUT2D eigenvalue weighted by Crippen LogP contribution is 2.34. The highest BCUT2D eigenvalue weighted by Gasteiger charge is 2.34. The lowest BCUT2D eigenvalue weighted by Crippen LogP contribution is -2.29. The minimum atomic E-state index is -4.17. The molecule has 2 heterocycles. The van der Waals surface area contributed by atoms with E-state index < -0.39 is 27.7 Å². The molecule has 35 heavy (non-hydrogen) atoms. The number of aliphatic hydroxyl groups excluding tert-OH is 1. The molecule has 0 fully saturated rings. The van der Waals surface area contributed by atoms with E-state index in [1.165, 1.54) is 6.08 Å². The summed E-state index contributed by atoms with van der Waals surface area (Å²) in [6.45, 7) is 9.90. The third-order valence-corrected chi connectivity index (χ3v) is 8.95. The Labute approximate surface area is 212 Å². The number of hydrogen-bond donors (Lipinski definition) is 4. The third kappa shape index (κ3) is 5.18. The topological polar surface area (TPSA) is 145 Å². The number of carbonyl (C=O) groups is 1. The van der Waals surface area contributed by atoms with Gasteiger partial charge in [0.15, 0.2) is 5.37 Å². The van der Waals surface area contributed by atoms with E-state index in [-0.39, 0.29) is 26.4 Å². The molecular weight excluding hydrogens is 512 g/mol. The second-order valence-corrected chi connectivity index (χ2v) is 11.2. The summed E-state index contributed by atoms with van der Waals surface area (Å²) < 4.78 is 32.3. The average molecular weight is 537 g/mol. The minimum absolute atomic E-state index is 0.0288.